The Balaban J connectivity index is 1.62. The average Bonchev–Trinajstić information content (AvgIpc) is 3.12. The van der Waals surface area contributed by atoms with Crippen molar-refractivity contribution in [3.05, 3.63) is 111 Å². The van der Waals surface area contributed by atoms with E-state index in [1.165, 1.54) is 16.4 Å². The first-order valence-electron chi connectivity index (χ1n) is 9.89. The number of aromatic nitrogens is 2. The lowest BCUT2D eigenvalue weighted by atomic mass is 10.1. The molecule has 0 bridgehead atoms. The van der Waals surface area contributed by atoms with Crippen molar-refractivity contribution >= 4 is 11.6 Å². The fraction of sp³-hybridized carbons (Fsp3) is 0.120. The van der Waals surface area contributed by atoms with Crippen LogP contribution in [0.4, 0.5) is 0 Å². The normalized spacial score (nSPS) is 12.5. The van der Waals surface area contributed by atoms with Gasteiger partial charge in [-0.15, -0.1) is 0 Å². The minimum atomic E-state index is -0.362. The zero-order valence-corrected chi connectivity index (χ0v) is 17.1. The molecule has 5 heteroatoms. The van der Waals surface area contributed by atoms with Crippen molar-refractivity contribution in [2.75, 3.05) is 0 Å². The van der Waals surface area contributed by atoms with Crippen LogP contribution < -0.4 is 10.3 Å². The minimum Gasteiger partial charge on any atom is -0.450 e. The van der Waals surface area contributed by atoms with Crippen LogP contribution in [0.2, 0.25) is 5.02 Å². The van der Waals surface area contributed by atoms with Crippen molar-refractivity contribution in [1.29, 1.82) is 0 Å². The highest BCUT2D eigenvalue weighted by atomic mass is 35.5. The van der Waals surface area contributed by atoms with Crippen molar-refractivity contribution in [3.8, 4) is 22.6 Å². The summed E-state index contributed by atoms with van der Waals surface area (Å²) in [6.45, 7) is 2.09. The third kappa shape index (κ3) is 3.01. The molecular formula is C25H19ClN2O2. The van der Waals surface area contributed by atoms with Crippen LogP contribution in [0.25, 0.3) is 11.1 Å². The summed E-state index contributed by atoms with van der Waals surface area (Å²) in [6.07, 6.45) is 2.41. The number of fused-ring (bicyclic) bond motifs is 3. The number of benzene rings is 3. The van der Waals surface area contributed by atoms with Gasteiger partial charge in [0.15, 0.2) is 0 Å². The van der Waals surface area contributed by atoms with Gasteiger partial charge in [-0.05, 0) is 46.4 Å². The molecule has 30 heavy (non-hydrogen) atoms. The highest BCUT2D eigenvalue weighted by Gasteiger charge is 2.32. The maximum absolute atomic E-state index is 13.4. The monoisotopic (exact) mass is 414 g/mol. The summed E-state index contributed by atoms with van der Waals surface area (Å²) in [5.41, 5.74) is 5.12. The Hall–Kier alpha value is -3.37. The van der Waals surface area contributed by atoms with Crippen LogP contribution in [0.15, 0.2) is 83.8 Å². The summed E-state index contributed by atoms with van der Waals surface area (Å²) in [5, 5.41) is 4.57. The molecule has 0 atom stereocenters. The molecule has 0 aliphatic heterocycles. The van der Waals surface area contributed by atoms with Gasteiger partial charge in [-0.25, -0.2) is 4.68 Å². The molecule has 3 aromatic carbocycles. The third-order valence-electron chi connectivity index (χ3n) is 5.51. The van der Waals surface area contributed by atoms with E-state index in [1.54, 1.807) is 0 Å². The Morgan fingerprint density at radius 3 is 2.13 bits per heavy atom. The van der Waals surface area contributed by atoms with Gasteiger partial charge >= 0.3 is 5.56 Å². The second kappa shape index (κ2) is 7.47. The van der Waals surface area contributed by atoms with Gasteiger partial charge < -0.3 is 4.74 Å². The first kappa shape index (κ1) is 18.6. The molecule has 4 aromatic rings. The van der Waals surface area contributed by atoms with Crippen molar-refractivity contribution in [1.82, 2.24) is 9.78 Å². The first-order valence-corrected chi connectivity index (χ1v) is 10.3. The number of ether oxygens (including phenoxy) is 1. The van der Waals surface area contributed by atoms with E-state index < -0.39 is 0 Å². The number of hydrogen-bond acceptors (Lipinski definition) is 3. The summed E-state index contributed by atoms with van der Waals surface area (Å²) in [4.78, 5) is 13.4. The van der Waals surface area contributed by atoms with E-state index in [0.717, 1.165) is 28.7 Å². The number of halogens is 1. The molecule has 0 saturated heterocycles. The molecule has 0 fully saturated rings. The molecule has 1 heterocycles. The van der Waals surface area contributed by atoms with E-state index in [0.29, 0.717) is 5.75 Å². The topological polar surface area (TPSA) is 44.1 Å². The van der Waals surface area contributed by atoms with Gasteiger partial charge in [0, 0.05) is 0 Å². The SMILES string of the molecule is CCc1ccc(Oc2c(Cl)cnn(C3c4ccccc4-c4ccccc43)c2=O)cc1. The van der Waals surface area contributed by atoms with E-state index in [-0.39, 0.29) is 22.4 Å². The summed E-state index contributed by atoms with van der Waals surface area (Å²) in [5.74, 6) is 0.647. The van der Waals surface area contributed by atoms with Gasteiger partial charge in [-0.2, -0.15) is 5.10 Å². The second-order valence-electron chi connectivity index (χ2n) is 7.25. The summed E-state index contributed by atoms with van der Waals surface area (Å²) >= 11 is 6.32. The van der Waals surface area contributed by atoms with E-state index in [9.17, 15) is 4.79 Å². The molecule has 1 aliphatic carbocycles. The first-order chi connectivity index (χ1) is 14.7. The molecule has 0 unspecified atom stereocenters. The quantitative estimate of drug-likeness (QED) is 0.369. The Labute approximate surface area is 179 Å². The predicted molar refractivity (Wildman–Crippen MR) is 119 cm³/mol. The maximum Gasteiger partial charge on any atom is 0.312 e. The maximum atomic E-state index is 13.4. The largest absolute Gasteiger partial charge is 0.450 e. The number of aryl methyl sites for hydroxylation is 1. The van der Waals surface area contributed by atoms with Crippen LogP contribution in [-0.2, 0) is 6.42 Å². The minimum absolute atomic E-state index is 0.0813. The summed E-state index contributed by atoms with van der Waals surface area (Å²) in [7, 11) is 0. The average molecular weight is 415 g/mol. The third-order valence-corrected chi connectivity index (χ3v) is 5.78. The van der Waals surface area contributed by atoms with Crippen molar-refractivity contribution in [2.45, 2.75) is 19.4 Å². The molecule has 5 rings (SSSR count). The summed E-state index contributed by atoms with van der Waals surface area (Å²) < 4.78 is 7.37. The molecule has 1 aromatic heterocycles. The molecule has 0 amide bonds. The summed E-state index contributed by atoms with van der Waals surface area (Å²) in [6, 6.07) is 23.5. The standard InChI is InChI=1S/C25H19ClN2O2/c1-2-16-11-13-17(14-12-16)30-24-22(26)15-27-28(25(24)29)23-20-9-5-3-7-18(20)19-8-4-6-10-21(19)23/h3-15,23H,2H2,1H3. The van der Waals surface area contributed by atoms with Crippen LogP contribution in [0.1, 0.15) is 29.7 Å². The van der Waals surface area contributed by atoms with E-state index in [2.05, 4.69) is 24.2 Å². The number of nitrogens with zero attached hydrogens (tertiary/aromatic N) is 2. The highest BCUT2D eigenvalue weighted by molar-refractivity contribution is 6.31. The zero-order chi connectivity index (χ0) is 20.7. The van der Waals surface area contributed by atoms with Gasteiger partial charge in [-0.3, -0.25) is 4.79 Å². The molecule has 0 saturated carbocycles. The van der Waals surface area contributed by atoms with Crippen LogP contribution in [0, 0.1) is 0 Å². The van der Waals surface area contributed by atoms with E-state index in [4.69, 9.17) is 16.3 Å². The Morgan fingerprint density at radius 2 is 1.53 bits per heavy atom. The van der Waals surface area contributed by atoms with Gasteiger partial charge in [-0.1, -0.05) is 79.2 Å². The van der Waals surface area contributed by atoms with Crippen LogP contribution in [0.5, 0.6) is 11.5 Å². The predicted octanol–water partition coefficient (Wildman–Crippen LogP) is 5.87. The highest BCUT2D eigenvalue weighted by Crippen LogP contribution is 2.44. The van der Waals surface area contributed by atoms with Crippen molar-refractivity contribution < 1.29 is 4.74 Å². The smallest absolute Gasteiger partial charge is 0.312 e. The van der Waals surface area contributed by atoms with Gasteiger partial charge in [0.05, 0.1) is 6.20 Å². The van der Waals surface area contributed by atoms with Crippen molar-refractivity contribution in [3.63, 3.8) is 0 Å². The van der Waals surface area contributed by atoms with E-state index >= 15 is 0 Å². The molecular weight excluding hydrogens is 396 g/mol. The lowest BCUT2D eigenvalue weighted by Gasteiger charge is -2.17. The fourth-order valence-corrected chi connectivity index (χ4v) is 4.17. The fourth-order valence-electron chi connectivity index (χ4n) is 4.01. The van der Waals surface area contributed by atoms with Crippen LogP contribution in [0.3, 0.4) is 0 Å². The molecule has 0 N–H and O–H groups in total. The van der Waals surface area contributed by atoms with E-state index in [1.807, 2.05) is 60.7 Å². The Kier molecular flexibility index (Phi) is 4.64. The lowest BCUT2D eigenvalue weighted by molar-refractivity contribution is 0.451. The Morgan fingerprint density at radius 1 is 0.933 bits per heavy atom. The molecule has 0 spiro atoms. The van der Waals surface area contributed by atoms with Gasteiger partial charge in [0.25, 0.3) is 0 Å². The zero-order valence-electron chi connectivity index (χ0n) is 16.4. The molecule has 148 valence electrons. The van der Waals surface area contributed by atoms with Crippen LogP contribution >= 0.6 is 11.6 Å². The second-order valence-corrected chi connectivity index (χ2v) is 7.66. The van der Waals surface area contributed by atoms with Crippen LogP contribution in [-0.4, -0.2) is 9.78 Å². The number of hydrogen-bond donors (Lipinski definition) is 0. The lowest BCUT2D eigenvalue weighted by Crippen LogP contribution is -2.28. The van der Waals surface area contributed by atoms with Gasteiger partial charge in [0.2, 0.25) is 5.75 Å². The molecule has 4 nitrogen and oxygen atoms in total. The Bertz CT molecular complexity index is 1250. The van der Waals surface area contributed by atoms with Crippen molar-refractivity contribution in [2.24, 2.45) is 0 Å². The van der Waals surface area contributed by atoms with Gasteiger partial charge in [0.1, 0.15) is 16.8 Å². The molecule has 1 aliphatic rings. The number of rotatable bonds is 4. The molecule has 0 radical (unpaired) electrons.